The van der Waals surface area contributed by atoms with Gasteiger partial charge in [0.2, 0.25) is 0 Å². The first-order valence-corrected chi connectivity index (χ1v) is 6.12. The quantitative estimate of drug-likeness (QED) is 0.809. The predicted octanol–water partition coefficient (Wildman–Crippen LogP) is 2.79. The summed E-state index contributed by atoms with van der Waals surface area (Å²) in [6.45, 7) is 4.16. The molecule has 1 heterocycles. The topological polar surface area (TPSA) is 63.8 Å². The van der Waals surface area contributed by atoms with E-state index in [4.69, 9.17) is 5.73 Å². The van der Waals surface area contributed by atoms with E-state index in [-0.39, 0.29) is 6.04 Å². The van der Waals surface area contributed by atoms with Crippen LogP contribution in [0.25, 0.3) is 0 Å². The van der Waals surface area contributed by atoms with Crippen LogP contribution in [0.4, 0.5) is 11.5 Å². The Morgan fingerprint density at radius 1 is 1.28 bits per heavy atom. The first-order valence-electron chi connectivity index (χ1n) is 6.12. The van der Waals surface area contributed by atoms with Crippen molar-refractivity contribution in [3.8, 4) is 0 Å². The van der Waals surface area contributed by atoms with Crippen molar-refractivity contribution in [1.29, 1.82) is 0 Å². The van der Waals surface area contributed by atoms with Crippen molar-refractivity contribution in [3.63, 3.8) is 0 Å². The van der Waals surface area contributed by atoms with Gasteiger partial charge in [-0.3, -0.25) is 0 Å². The van der Waals surface area contributed by atoms with Crippen molar-refractivity contribution >= 4 is 11.5 Å². The Morgan fingerprint density at radius 3 is 2.83 bits per heavy atom. The van der Waals surface area contributed by atoms with Crippen LogP contribution in [0, 0.1) is 0 Å². The van der Waals surface area contributed by atoms with Crippen LogP contribution in [0.3, 0.4) is 0 Å². The lowest BCUT2D eigenvalue weighted by atomic mass is 10.1. The molecule has 2 aromatic rings. The standard InChI is InChI=1S/C14H18N4/c1-3-13-8-14(17-9-16-13)18-10(2)11-5-4-6-12(15)7-11/h4-10H,3,15H2,1-2H3,(H,16,17,18). The van der Waals surface area contributed by atoms with Crippen LogP contribution in [-0.2, 0) is 6.42 Å². The maximum absolute atomic E-state index is 5.78. The molecule has 0 aliphatic rings. The SMILES string of the molecule is CCc1cc(NC(C)c2cccc(N)c2)ncn1. The molecule has 1 unspecified atom stereocenters. The number of nitrogens with zero attached hydrogens (tertiary/aromatic N) is 2. The lowest BCUT2D eigenvalue weighted by Crippen LogP contribution is -2.09. The summed E-state index contributed by atoms with van der Waals surface area (Å²) in [7, 11) is 0. The van der Waals surface area contributed by atoms with E-state index >= 15 is 0 Å². The Balaban J connectivity index is 2.13. The normalized spacial score (nSPS) is 12.1. The van der Waals surface area contributed by atoms with Gasteiger partial charge >= 0.3 is 0 Å². The number of hydrogen-bond acceptors (Lipinski definition) is 4. The number of rotatable bonds is 4. The van der Waals surface area contributed by atoms with Crippen LogP contribution < -0.4 is 11.1 Å². The minimum absolute atomic E-state index is 0.160. The first-order chi connectivity index (χ1) is 8.69. The minimum Gasteiger partial charge on any atom is -0.399 e. The van der Waals surface area contributed by atoms with Gasteiger partial charge in [0, 0.05) is 17.4 Å². The highest BCUT2D eigenvalue weighted by molar-refractivity contribution is 5.44. The molecule has 0 saturated heterocycles. The van der Waals surface area contributed by atoms with E-state index in [1.807, 2.05) is 24.3 Å². The fourth-order valence-corrected chi connectivity index (χ4v) is 1.80. The summed E-state index contributed by atoms with van der Waals surface area (Å²) in [6, 6.07) is 10.0. The molecule has 4 nitrogen and oxygen atoms in total. The van der Waals surface area contributed by atoms with Gasteiger partial charge in [0.15, 0.2) is 0 Å². The fraction of sp³-hybridized carbons (Fsp3) is 0.286. The van der Waals surface area contributed by atoms with E-state index in [0.717, 1.165) is 29.2 Å². The summed E-state index contributed by atoms with van der Waals surface area (Å²) in [5.74, 6) is 0.844. The summed E-state index contributed by atoms with van der Waals surface area (Å²) >= 11 is 0. The van der Waals surface area contributed by atoms with Crippen molar-refractivity contribution in [1.82, 2.24) is 9.97 Å². The number of aryl methyl sites for hydroxylation is 1. The highest BCUT2D eigenvalue weighted by Crippen LogP contribution is 2.19. The average Bonchev–Trinajstić information content (AvgIpc) is 2.39. The van der Waals surface area contributed by atoms with E-state index in [0.29, 0.717) is 0 Å². The molecule has 94 valence electrons. The summed E-state index contributed by atoms with van der Waals surface area (Å²) in [5.41, 5.74) is 8.74. The highest BCUT2D eigenvalue weighted by atomic mass is 15.0. The largest absolute Gasteiger partial charge is 0.399 e. The molecule has 0 fully saturated rings. The maximum atomic E-state index is 5.78. The third-order valence-corrected chi connectivity index (χ3v) is 2.86. The average molecular weight is 242 g/mol. The number of nitrogens with one attached hydrogen (secondary N) is 1. The van der Waals surface area contributed by atoms with Gasteiger partial charge in [-0.15, -0.1) is 0 Å². The number of aromatic nitrogens is 2. The minimum atomic E-state index is 0.160. The van der Waals surface area contributed by atoms with Gasteiger partial charge in [-0.05, 0) is 31.0 Å². The highest BCUT2D eigenvalue weighted by Gasteiger charge is 2.06. The molecule has 3 N–H and O–H groups in total. The molecule has 2 rings (SSSR count). The number of hydrogen-bond donors (Lipinski definition) is 2. The molecular formula is C14H18N4. The second-order valence-corrected chi connectivity index (χ2v) is 4.28. The van der Waals surface area contributed by atoms with Crippen molar-refractivity contribution in [3.05, 3.63) is 47.9 Å². The van der Waals surface area contributed by atoms with Crippen molar-refractivity contribution in [2.75, 3.05) is 11.1 Å². The van der Waals surface area contributed by atoms with Gasteiger partial charge in [0.05, 0.1) is 6.04 Å². The van der Waals surface area contributed by atoms with Crippen molar-refractivity contribution in [2.45, 2.75) is 26.3 Å². The lowest BCUT2D eigenvalue weighted by molar-refractivity contribution is 0.867. The number of benzene rings is 1. The molecule has 18 heavy (non-hydrogen) atoms. The van der Waals surface area contributed by atoms with Gasteiger partial charge in [-0.25, -0.2) is 9.97 Å². The van der Waals surface area contributed by atoms with Crippen molar-refractivity contribution < 1.29 is 0 Å². The Kier molecular flexibility index (Phi) is 3.77. The van der Waals surface area contributed by atoms with E-state index < -0.39 is 0 Å². The molecule has 0 radical (unpaired) electrons. The second-order valence-electron chi connectivity index (χ2n) is 4.28. The van der Waals surface area contributed by atoms with Gasteiger partial charge in [0.25, 0.3) is 0 Å². The maximum Gasteiger partial charge on any atom is 0.130 e. The molecule has 4 heteroatoms. The molecular weight excluding hydrogens is 224 g/mol. The summed E-state index contributed by atoms with van der Waals surface area (Å²) in [6.07, 6.45) is 2.50. The van der Waals surface area contributed by atoms with Crippen LogP contribution in [0.2, 0.25) is 0 Å². The third-order valence-electron chi connectivity index (χ3n) is 2.86. The molecule has 0 aliphatic heterocycles. The number of nitrogens with two attached hydrogens (primary N) is 1. The molecule has 0 aliphatic carbocycles. The monoisotopic (exact) mass is 242 g/mol. The first kappa shape index (κ1) is 12.4. The van der Waals surface area contributed by atoms with E-state index in [1.54, 1.807) is 6.33 Å². The van der Waals surface area contributed by atoms with E-state index in [1.165, 1.54) is 0 Å². The molecule has 0 amide bonds. The van der Waals surface area contributed by atoms with Crippen LogP contribution >= 0.6 is 0 Å². The van der Waals surface area contributed by atoms with Crippen LogP contribution in [0.1, 0.15) is 31.1 Å². The summed E-state index contributed by atoms with van der Waals surface area (Å²) in [5, 5.41) is 3.35. The zero-order chi connectivity index (χ0) is 13.0. The Labute approximate surface area is 107 Å². The Morgan fingerprint density at radius 2 is 2.11 bits per heavy atom. The Hall–Kier alpha value is -2.10. The van der Waals surface area contributed by atoms with E-state index in [2.05, 4.69) is 35.2 Å². The predicted molar refractivity (Wildman–Crippen MR) is 74.3 cm³/mol. The van der Waals surface area contributed by atoms with Gasteiger partial charge in [-0.1, -0.05) is 19.1 Å². The van der Waals surface area contributed by atoms with Gasteiger partial charge in [-0.2, -0.15) is 0 Å². The molecule has 1 aromatic heterocycles. The molecule has 1 atom stereocenters. The lowest BCUT2D eigenvalue weighted by Gasteiger charge is -2.15. The third kappa shape index (κ3) is 2.97. The van der Waals surface area contributed by atoms with Gasteiger partial charge in [0.1, 0.15) is 12.1 Å². The van der Waals surface area contributed by atoms with Crippen LogP contribution in [0.15, 0.2) is 36.7 Å². The van der Waals surface area contributed by atoms with Crippen LogP contribution in [0.5, 0.6) is 0 Å². The Bertz CT molecular complexity index is 525. The zero-order valence-corrected chi connectivity index (χ0v) is 10.7. The van der Waals surface area contributed by atoms with Crippen molar-refractivity contribution in [2.24, 2.45) is 0 Å². The number of anilines is 2. The number of nitrogen functional groups attached to an aromatic ring is 1. The summed E-state index contributed by atoms with van der Waals surface area (Å²) < 4.78 is 0. The zero-order valence-electron chi connectivity index (χ0n) is 10.7. The molecule has 0 spiro atoms. The second kappa shape index (κ2) is 5.49. The smallest absolute Gasteiger partial charge is 0.130 e. The molecule has 0 bridgehead atoms. The molecule has 1 aromatic carbocycles. The molecule has 0 saturated carbocycles. The van der Waals surface area contributed by atoms with E-state index in [9.17, 15) is 0 Å². The fourth-order valence-electron chi connectivity index (χ4n) is 1.80. The van der Waals surface area contributed by atoms with Crippen LogP contribution in [-0.4, -0.2) is 9.97 Å². The summed E-state index contributed by atoms with van der Waals surface area (Å²) in [4.78, 5) is 8.40. The van der Waals surface area contributed by atoms with Gasteiger partial charge < -0.3 is 11.1 Å².